The topological polar surface area (TPSA) is 51.2 Å². The molecule has 0 saturated carbocycles. The van der Waals surface area contributed by atoms with Crippen molar-refractivity contribution in [3.05, 3.63) is 69.7 Å². The molecule has 0 saturated heterocycles. The summed E-state index contributed by atoms with van der Waals surface area (Å²) >= 11 is 7.59. The van der Waals surface area contributed by atoms with Crippen molar-refractivity contribution in [3.8, 4) is 16.3 Å². The molecule has 0 radical (unpaired) electrons. The smallest absolute Gasteiger partial charge is 0.251 e. The molecule has 1 aromatic heterocycles. The highest BCUT2D eigenvalue weighted by Crippen LogP contribution is 2.29. The number of carbonyl (C=O) groups excluding carboxylic acids is 1. The number of rotatable bonds is 6. The number of aromatic nitrogens is 1. The zero-order valence-corrected chi connectivity index (χ0v) is 16.2. The van der Waals surface area contributed by atoms with E-state index in [4.69, 9.17) is 16.3 Å². The van der Waals surface area contributed by atoms with Crippen molar-refractivity contribution in [2.75, 3.05) is 13.7 Å². The molecule has 0 atom stereocenters. The van der Waals surface area contributed by atoms with Gasteiger partial charge in [-0.05, 0) is 43.3 Å². The highest BCUT2D eigenvalue weighted by molar-refractivity contribution is 7.15. The molecule has 1 heterocycles. The van der Waals surface area contributed by atoms with Crippen molar-refractivity contribution in [2.24, 2.45) is 0 Å². The maximum absolute atomic E-state index is 12.2. The maximum atomic E-state index is 12.2. The summed E-state index contributed by atoms with van der Waals surface area (Å²) in [5, 5.41) is 4.63. The van der Waals surface area contributed by atoms with Crippen LogP contribution in [-0.4, -0.2) is 24.5 Å². The fourth-order valence-electron chi connectivity index (χ4n) is 2.51. The molecule has 0 aliphatic carbocycles. The first-order valence-electron chi connectivity index (χ1n) is 8.21. The lowest BCUT2D eigenvalue weighted by Crippen LogP contribution is -2.25. The van der Waals surface area contributed by atoms with Crippen LogP contribution in [0.15, 0.2) is 48.5 Å². The minimum Gasteiger partial charge on any atom is -0.497 e. The van der Waals surface area contributed by atoms with Crippen molar-refractivity contribution in [1.82, 2.24) is 10.3 Å². The molecule has 26 heavy (non-hydrogen) atoms. The van der Waals surface area contributed by atoms with Gasteiger partial charge in [-0.3, -0.25) is 4.79 Å². The Balaban J connectivity index is 1.59. The summed E-state index contributed by atoms with van der Waals surface area (Å²) in [4.78, 5) is 18.0. The van der Waals surface area contributed by atoms with E-state index in [1.165, 1.54) is 4.88 Å². The van der Waals surface area contributed by atoms with Gasteiger partial charge in [-0.15, -0.1) is 11.3 Å². The van der Waals surface area contributed by atoms with Gasteiger partial charge in [0, 0.05) is 34.0 Å². The molecule has 1 amide bonds. The molecule has 3 aromatic rings. The number of amides is 1. The van der Waals surface area contributed by atoms with Crippen LogP contribution in [0.1, 0.15) is 20.9 Å². The van der Waals surface area contributed by atoms with Gasteiger partial charge < -0.3 is 10.1 Å². The van der Waals surface area contributed by atoms with Crippen LogP contribution in [0.3, 0.4) is 0 Å². The molecule has 0 bridgehead atoms. The van der Waals surface area contributed by atoms with E-state index in [0.717, 1.165) is 28.4 Å². The predicted octanol–water partition coefficient (Wildman–Crippen LogP) is 4.75. The fourth-order valence-corrected chi connectivity index (χ4v) is 3.70. The highest BCUT2D eigenvalue weighted by atomic mass is 35.5. The van der Waals surface area contributed by atoms with Crippen molar-refractivity contribution in [1.29, 1.82) is 0 Å². The van der Waals surface area contributed by atoms with E-state index in [-0.39, 0.29) is 5.91 Å². The van der Waals surface area contributed by atoms with Crippen LogP contribution in [0.2, 0.25) is 5.02 Å². The number of hydrogen-bond donors (Lipinski definition) is 1. The number of thiazole rings is 1. The van der Waals surface area contributed by atoms with Gasteiger partial charge in [-0.2, -0.15) is 0 Å². The van der Waals surface area contributed by atoms with Gasteiger partial charge in [0.25, 0.3) is 5.91 Å². The van der Waals surface area contributed by atoms with Crippen LogP contribution < -0.4 is 10.1 Å². The first-order chi connectivity index (χ1) is 12.6. The third kappa shape index (κ3) is 4.42. The third-order valence-electron chi connectivity index (χ3n) is 3.97. The van der Waals surface area contributed by atoms with E-state index in [2.05, 4.69) is 10.3 Å². The quantitative estimate of drug-likeness (QED) is 0.664. The number of benzene rings is 2. The standard InChI is InChI=1S/C20H19ClN2O2S/c1-13-18(26-20(23-13)15-3-7-16(21)8-4-15)11-12-22-19(24)14-5-9-17(25-2)10-6-14/h3-10H,11-12H2,1-2H3,(H,22,24). The SMILES string of the molecule is COc1ccc(C(=O)NCCc2sc(-c3ccc(Cl)cc3)nc2C)cc1. The number of nitrogens with one attached hydrogen (secondary N) is 1. The maximum Gasteiger partial charge on any atom is 0.251 e. The molecule has 134 valence electrons. The summed E-state index contributed by atoms with van der Waals surface area (Å²) in [5.41, 5.74) is 2.67. The van der Waals surface area contributed by atoms with Crippen LogP contribution in [-0.2, 0) is 6.42 Å². The van der Waals surface area contributed by atoms with Crippen LogP contribution >= 0.6 is 22.9 Å². The molecule has 1 N–H and O–H groups in total. The van der Waals surface area contributed by atoms with Crippen LogP contribution in [0, 0.1) is 6.92 Å². The molecule has 0 aliphatic rings. The van der Waals surface area contributed by atoms with Gasteiger partial charge in [-0.1, -0.05) is 23.7 Å². The average Bonchev–Trinajstić information content (AvgIpc) is 3.03. The number of carbonyl (C=O) groups is 1. The molecular formula is C20H19ClN2O2S. The molecule has 0 fully saturated rings. The number of hydrogen-bond acceptors (Lipinski definition) is 4. The Bertz CT molecular complexity index is 889. The van der Waals surface area contributed by atoms with E-state index in [1.54, 1.807) is 42.7 Å². The first-order valence-corrected chi connectivity index (χ1v) is 9.41. The van der Waals surface area contributed by atoms with E-state index in [0.29, 0.717) is 17.1 Å². The summed E-state index contributed by atoms with van der Waals surface area (Å²) in [6.07, 6.45) is 0.749. The Kier molecular flexibility index (Phi) is 5.91. The highest BCUT2D eigenvalue weighted by Gasteiger charge is 2.11. The van der Waals surface area contributed by atoms with E-state index in [1.807, 2.05) is 31.2 Å². The molecule has 0 unspecified atom stereocenters. The van der Waals surface area contributed by atoms with Crippen molar-refractivity contribution in [3.63, 3.8) is 0 Å². The van der Waals surface area contributed by atoms with Gasteiger partial charge in [0.2, 0.25) is 0 Å². The monoisotopic (exact) mass is 386 g/mol. The molecule has 2 aromatic carbocycles. The van der Waals surface area contributed by atoms with Gasteiger partial charge in [-0.25, -0.2) is 4.98 Å². The molecule has 4 nitrogen and oxygen atoms in total. The number of halogens is 1. The second-order valence-electron chi connectivity index (χ2n) is 5.77. The van der Waals surface area contributed by atoms with Crippen molar-refractivity contribution in [2.45, 2.75) is 13.3 Å². The zero-order chi connectivity index (χ0) is 18.5. The number of methoxy groups -OCH3 is 1. The molecule has 0 aliphatic heterocycles. The van der Waals surface area contributed by atoms with Crippen molar-refractivity contribution >= 4 is 28.8 Å². The fraction of sp³-hybridized carbons (Fsp3) is 0.200. The van der Waals surface area contributed by atoms with Crippen LogP contribution in [0.5, 0.6) is 5.75 Å². The molecule has 6 heteroatoms. The summed E-state index contributed by atoms with van der Waals surface area (Å²) in [5.74, 6) is 0.643. The summed E-state index contributed by atoms with van der Waals surface area (Å²) in [6.45, 7) is 2.56. The van der Waals surface area contributed by atoms with Crippen LogP contribution in [0.25, 0.3) is 10.6 Å². The minimum atomic E-state index is -0.0900. The Hall–Kier alpha value is -2.37. The summed E-state index contributed by atoms with van der Waals surface area (Å²) in [7, 11) is 1.60. The second-order valence-corrected chi connectivity index (χ2v) is 7.29. The predicted molar refractivity (Wildman–Crippen MR) is 106 cm³/mol. The Labute approximate surface area is 161 Å². The largest absolute Gasteiger partial charge is 0.497 e. The van der Waals surface area contributed by atoms with E-state index in [9.17, 15) is 4.79 Å². The number of aryl methyl sites for hydroxylation is 1. The van der Waals surface area contributed by atoms with Gasteiger partial charge in [0.05, 0.1) is 12.8 Å². The van der Waals surface area contributed by atoms with E-state index < -0.39 is 0 Å². The molecule has 0 spiro atoms. The Morgan fingerprint density at radius 2 is 1.85 bits per heavy atom. The Morgan fingerprint density at radius 1 is 1.15 bits per heavy atom. The lowest BCUT2D eigenvalue weighted by atomic mass is 10.2. The molecular weight excluding hydrogens is 368 g/mol. The number of nitrogens with zero attached hydrogens (tertiary/aromatic N) is 1. The molecule has 3 rings (SSSR count). The third-order valence-corrected chi connectivity index (χ3v) is 5.49. The minimum absolute atomic E-state index is 0.0900. The lowest BCUT2D eigenvalue weighted by molar-refractivity contribution is 0.0954. The van der Waals surface area contributed by atoms with Crippen molar-refractivity contribution < 1.29 is 9.53 Å². The lowest BCUT2D eigenvalue weighted by Gasteiger charge is -2.05. The summed E-state index contributed by atoms with van der Waals surface area (Å²) < 4.78 is 5.10. The van der Waals surface area contributed by atoms with Gasteiger partial charge >= 0.3 is 0 Å². The summed E-state index contributed by atoms with van der Waals surface area (Å²) in [6, 6.07) is 14.7. The normalized spacial score (nSPS) is 10.6. The van der Waals surface area contributed by atoms with Gasteiger partial charge in [0.15, 0.2) is 0 Å². The first kappa shape index (κ1) is 18.4. The number of ether oxygens (including phenoxy) is 1. The van der Waals surface area contributed by atoms with E-state index >= 15 is 0 Å². The van der Waals surface area contributed by atoms with Crippen LogP contribution in [0.4, 0.5) is 0 Å². The van der Waals surface area contributed by atoms with Gasteiger partial charge in [0.1, 0.15) is 10.8 Å². The second kappa shape index (κ2) is 8.34. The zero-order valence-electron chi connectivity index (χ0n) is 14.6. The Morgan fingerprint density at radius 3 is 2.50 bits per heavy atom. The average molecular weight is 387 g/mol.